The molecule has 2 aliphatic heterocycles. The van der Waals surface area contributed by atoms with Crippen LogP contribution in [0.15, 0.2) is 0 Å². The molecule has 3 rings (SSSR count). The van der Waals surface area contributed by atoms with Crippen LogP contribution in [0.3, 0.4) is 0 Å². The number of hydrogen-bond donors (Lipinski definition) is 0. The number of nitrogens with zero attached hydrogens (tertiary/aromatic N) is 1. The van der Waals surface area contributed by atoms with Crippen molar-refractivity contribution >= 4 is 0 Å². The van der Waals surface area contributed by atoms with E-state index in [4.69, 9.17) is 0 Å². The van der Waals surface area contributed by atoms with E-state index in [1.807, 2.05) is 0 Å². The van der Waals surface area contributed by atoms with Gasteiger partial charge >= 0.3 is 0 Å². The molecule has 1 aliphatic carbocycles. The summed E-state index contributed by atoms with van der Waals surface area (Å²) in [5.41, 5.74) is 0. The molecule has 2 heterocycles. The molecule has 3 aliphatic rings. The maximum absolute atomic E-state index is 2.84. The molecule has 1 heteroatoms. The van der Waals surface area contributed by atoms with Gasteiger partial charge in [-0.25, -0.2) is 0 Å². The van der Waals surface area contributed by atoms with Crippen LogP contribution in [0.5, 0.6) is 0 Å². The largest absolute Gasteiger partial charge is 0.297 e. The molecule has 0 aromatic heterocycles. The Hall–Kier alpha value is -0.0400. The van der Waals surface area contributed by atoms with Gasteiger partial charge in [-0.2, -0.15) is 0 Å². The molecule has 1 nitrogen and oxygen atoms in total. The van der Waals surface area contributed by atoms with Crippen LogP contribution in [0.25, 0.3) is 0 Å². The van der Waals surface area contributed by atoms with Crippen LogP contribution >= 0.6 is 0 Å². The monoisotopic (exact) mass is 165 g/mol. The summed E-state index contributed by atoms with van der Waals surface area (Å²) in [6.45, 7) is 3.88. The third-order valence-electron chi connectivity index (χ3n) is 4.44. The van der Waals surface area contributed by atoms with E-state index in [1.54, 1.807) is 0 Å². The first-order chi connectivity index (χ1) is 5.86. The Morgan fingerprint density at radius 1 is 1.17 bits per heavy atom. The normalized spacial score (nSPS) is 52.8. The van der Waals surface area contributed by atoms with Gasteiger partial charge in [0.15, 0.2) is 0 Å². The second-order valence-corrected chi connectivity index (χ2v) is 5.07. The van der Waals surface area contributed by atoms with Crippen molar-refractivity contribution in [3.8, 4) is 0 Å². The lowest BCUT2D eigenvalue weighted by molar-refractivity contribution is 0.198. The fourth-order valence-corrected chi connectivity index (χ4v) is 3.99. The van der Waals surface area contributed by atoms with E-state index in [2.05, 4.69) is 11.8 Å². The third kappa shape index (κ3) is 0.834. The van der Waals surface area contributed by atoms with Crippen molar-refractivity contribution in [3.63, 3.8) is 0 Å². The van der Waals surface area contributed by atoms with Gasteiger partial charge in [-0.3, -0.25) is 4.90 Å². The number of hydrogen-bond acceptors (Lipinski definition) is 1. The maximum Gasteiger partial charge on any atom is 0.0153 e. The molecule has 4 atom stereocenters. The molecule has 0 radical (unpaired) electrons. The van der Waals surface area contributed by atoms with Crippen LogP contribution in [0.1, 0.15) is 39.0 Å². The van der Waals surface area contributed by atoms with Crippen LogP contribution in [-0.2, 0) is 0 Å². The molecule has 3 fully saturated rings. The Morgan fingerprint density at radius 2 is 2.08 bits per heavy atom. The van der Waals surface area contributed by atoms with Gasteiger partial charge in [0.05, 0.1) is 0 Å². The second kappa shape index (κ2) is 2.47. The Kier molecular flexibility index (Phi) is 1.52. The van der Waals surface area contributed by atoms with Gasteiger partial charge in [0.2, 0.25) is 0 Å². The topological polar surface area (TPSA) is 3.24 Å². The summed E-state index contributed by atoms with van der Waals surface area (Å²) in [7, 11) is 0. The Morgan fingerprint density at radius 3 is 3.00 bits per heavy atom. The highest BCUT2D eigenvalue weighted by molar-refractivity contribution is 5.02. The molecular weight excluding hydrogens is 146 g/mol. The summed E-state index contributed by atoms with van der Waals surface area (Å²) in [5, 5.41) is 0. The minimum Gasteiger partial charge on any atom is -0.297 e. The van der Waals surface area contributed by atoms with Crippen LogP contribution in [0.2, 0.25) is 0 Å². The highest BCUT2D eigenvalue weighted by atomic mass is 15.2. The van der Waals surface area contributed by atoms with Crippen molar-refractivity contribution in [2.24, 2.45) is 11.8 Å². The highest BCUT2D eigenvalue weighted by Gasteiger charge is 2.48. The first-order valence-corrected chi connectivity index (χ1v) is 5.62. The standard InChI is InChI=1S/C11H19N/c1-8-4-5-9-7-10-3-2-6-12(10)11(8)9/h8-11H,2-7H2,1H3/t8-,9+,10+,11+/m1/s1. The van der Waals surface area contributed by atoms with Crippen LogP contribution in [-0.4, -0.2) is 23.5 Å². The number of rotatable bonds is 0. The molecule has 2 saturated heterocycles. The van der Waals surface area contributed by atoms with Gasteiger partial charge < -0.3 is 0 Å². The zero-order valence-corrected chi connectivity index (χ0v) is 8.00. The highest BCUT2D eigenvalue weighted by Crippen LogP contribution is 2.47. The van der Waals surface area contributed by atoms with E-state index in [-0.39, 0.29) is 0 Å². The molecular formula is C11H19N. The van der Waals surface area contributed by atoms with E-state index < -0.39 is 0 Å². The van der Waals surface area contributed by atoms with E-state index in [9.17, 15) is 0 Å². The van der Waals surface area contributed by atoms with E-state index >= 15 is 0 Å². The summed E-state index contributed by atoms with van der Waals surface area (Å²) in [5.74, 6) is 2.09. The SMILES string of the molecule is C[C@@H]1CC[C@H]2C[C@@H]3CCCN3[C@H]21. The van der Waals surface area contributed by atoms with E-state index in [1.165, 1.54) is 38.6 Å². The van der Waals surface area contributed by atoms with Crippen LogP contribution < -0.4 is 0 Å². The Bertz CT molecular complexity index is 189. The van der Waals surface area contributed by atoms with E-state index in [0.29, 0.717) is 0 Å². The number of fused-ring (bicyclic) bond motifs is 3. The van der Waals surface area contributed by atoms with Crippen LogP contribution in [0, 0.1) is 11.8 Å². The average molecular weight is 165 g/mol. The van der Waals surface area contributed by atoms with Crippen LogP contribution in [0.4, 0.5) is 0 Å². The molecule has 0 N–H and O–H groups in total. The Labute approximate surface area is 75.1 Å². The second-order valence-electron chi connectivity index (χ2n) is 5.07. The minimum atomic E-state index is 0.998. The lowest BCUT2D eigenvalue weighted by Gasteiger charge is -2.26. The zero-order chi connectivity index (χ0) is 8.13. The lowest BCUT2D eigenvalue weighted by Crippen LogP contribution is -2.35. The fraction of sp³-hybridized carbons (Fsp3) is 1.00. The van der Waals surface area contributed by atoms with Gasteiger partial charge in [0.1, 0.15) is 0 Å². The van der Waals surface area contributed by atoms with Gasteiger partial charge in [-0.05, 0) is 50.5 Å². The summed E-state index contributed by atoms with van der Waals surface area (Å²) in [6, 6.07) is 2.00. The summed E-state index contributed by atoms with van der Waals surface area (Å²) < 4.78 is 0. The van der Waals surface area contributed by atoms with Crippen molar-refractivity contribution in [2.45, 2.75) is 51.1 Å². The van der Waals surface area contributed by atoms with E-state index in [0.717, 1.165) is 23.9 Å². The predicted molar refractivity (Wildman–Crippen MR) is 50.0 cm³/mol. The molecule has 0 amide bonds. The molecule has 12 heavy (non-hydrogen) atoms. The smallest absolute Gasteiger partial charge is 0.0153 e. The fourth-order valence-electron chi connectivity index (χ4n) is 3.99. The predicted octanol–water partition coefficient (Wildman–Crippen LogP) is 2.27. The maximum atomic E-state index is 2.84. The molecule has 0 bridgehead atoms. The van der Waals surface area contributed by atoms with Crippen molar-refractivity contribution in [3.05, 3.63) is 0 Å². The first kappa shape index (κ1) is 7.37. The third-order valence-corrected chi connectivity index (χ3v) is 4.44. The molecule has 0 unspecified atom stereocenters. The molecule has 1 saturated carbocycles. The van der Waals surface area contributed by atoms with Gasteiger partial charge in [0.25, 0.3) is 0 Å². The summed E-state index contributed by atoms with van der Waals surface area (Å²) in [4.78, 5) is 2.84. The minimum absolute atomic E-state index is 0.998. The van der Waals surface area contributed by atoms with Crippen molar-refractivity contribution in [1.82, 2.24) is 4.90 Å². The van der Waals surface area contributed by atoms with Crippen molar-refractivity contribution < 1.29 is 0 Å². The van der Waals surface area contributed by atoms with Gasteiger partial charge in [0, 0.05) is 12.1 Å². The molecule has 0 spiro atoms. The van der Waals surface area contributed by atoms with Crippen molar-refractivity contribution in [2.75, 3.05) is 6.54 Å². The first-order valence-electron chi connectivity index (χ1n) is 5.62. The van der Waals surface area contributed by atoms with Crippen molar-refractivity contribution in [1.29, 1.82) is 0 Å². The van der Waals surface area contributed by atoms with Gasteiger partial charge in [-0.15, -0.1) is 0 Å². The molecule has 68 valence electrons. The quantitative estimate of drug-likeness (QED) is 0.532. The lowest BCUT2D eigenvalue weighted by atomic mass is 9.98. The zero-order valence-electron chi connectivity index (χ0n) is 8.00. The summed E-state index contributed by atoms with van der Waals surface area (Å²) >= 11 is 0. The average Bonchev–Trinajstić information content (AvgIpc) is 2.61. The van der Waals surface area contributed by atoms with Gasteiger partial charge in [-0.1, -0.05) is 6.92 Å². The molecule has 0 aromatic carbocycles. The molecule has 0 aromatic rings. The summed E-state index contributed by atoms with van der Waals surface area (Å²) in [6.07, 6.45) is 7.53. The Balaban J connectivity index is 1.85.